The lowest BCUT2D eigenvalue weighted by molar-refractivity contribution is 0.121. The fourth-order valence-electron chi connectivity index (χ4n) is 1.85. The Hall–Kier alpha value is -0.170. The van der Waals surface area contributed by atoms with Crippen molar-refractivity contribution < 1.29 is 13.2 Å². The molecule has 1 aliphatic rings. The van der Waals surface area contributed by atoms with Crippen molar-refractivity contribution in [3.63, 3.8) is 0 Å². The Morgan fingerprint density at radius 2 is 1.83 bits per heavy atom. The fourth-order valence-corrected chi connectivity index (χ4v) is 3.25. The van der Waals surface area contributed by atoms with Gasteiger partial charge in [-0.25, -0.2) is 12.7 Å². The molecule has 0 bridgehead atoms. The van der Waals surface area contributed by atoms with Crippen LogP contribution in [0.2, 0.25) is 0 Å². The first kappa shape index (κ1) is 15.9. The molecule has 2 N–H and O–H groups in total. The van der Waals surface area contributed by atoms with Crippen LogP contribution in [0.1, 0.15) is 33.1 Å². The second kappa shape index (κ2) is 7.43. The lowest BCUT2D eigenvalue weighted by Crippen LogP contribution is -2.38. The van der Waals surface area contributed by atoms with Gasteiger partial charge in [0.25, 0.3) is 0 Å². The van der Waals surface area contributed by atoms with Crippen molar-refractivity contribution in [2.24, 2.45) is 11.7 Å². The Labute approximate surface area is 111 Å². The first-order valence-electron chi connectivity index (χ1n) is 6.74. The molecular formula is C12H26N2O3S. The summed E-state index contributed by atoms with van der Waals surface area (Å²) in [5.74, 6) is 0.418. The lowest BCUT2D eigenvalue weighted by atomic mass is 10.1. The van der Waals surface area contributed by atoms with E-state index in [2.05, 4.69) is 0 Å². The monoisotopic (exact) mass is 278 g/mol. The van der Waals surface area contributed by atoms with Crippen LogP contribution < -0.4 is 5.73 Å². The molecule has 1 heterocycles. The van der Waals surface area contributed by atoms with Gasteiger partial charge < -0.3 is 10.5 Å². The van der Waals surface area contributed by atoms with Crippen LogP contribution in [-0.2, 0) is 14.8 Å². The number of sulfonamides is 1. The SMILES string of the molecule is CC(C)[C@@H](N)COCCS(=O)(=O)N1CCCCC1. The number of rotatable bonds is 7. The molecule has 0 aromatic carbocycles. The molecule has 0 saturated carbocycles. The van der Waals surface area contributed by atoms with Gasteiger partial charge in [-0.15, -0.1) is 0 Å². The number of nitrogens with two attached hydrogens (primary N) is 1. The molecule has 1 rings (SSSR count). The summed E-state index contributed by atoms with van der Waals surface area (Å²) in [6.07, 6.45) is 3.07. The minimum atomic E-state index is -3.13. The van der Waals surface area contributed by atoms with Gasteiger partial charge in [0.2, 0.25) is 10.0 Å². The molecule has 6 heteroatoms. The Kier molecular flexibility index (Phi) is 6.55. The standard InChI is InChI=1S/C12H26N2O3S/c1-11(2)12(13)10-17-8-9-18(15,16)14-6-4-3-5-7-14/h11-12H,3-10,13H2,1-2H3/t12-/m0/s1. The number of nitrogens with zero attached hydrogens (tertiary/aromatic N) is 1. The van der Waals surface area contributed by atoms with Crippen molar-refractivity contribution >= 4 is 10.0 Å². The van der Waals surface area contributed by atoms with Gasteiger partial charge in [0.15, 0.2) is 0 Å². The average molecular weight is 278 g/mol. The summed E-state index contributed by atoms with van der Waals surface area (Å²) in [6.45, 7) is 6.03. The number of ether oxygens (including phenoxy) is 1. The third kappa shape index (κ3) is 5.22. The van der Waals surface area contributed by atoms with E-state index < -0.39 is 10.0 Å². The second-order valence-corrected chi connectivity index (χ2v) is 7.35. The molecule has 0 aliphatic carbocycles. The van der Waals surface area contributed by atoms with E-state index in [9.17, 15) is 8.42 Å². The Balaban J connectivity index is 2.25. The average Bonchev–Trinajstić information content (AvgIpc) is 2.35. The first-order chi connectivity index (χ1) is 8.43. The molecule has 0 radical (unpaired) electrons. The van der Waals surface area contributed by atoms with Gasteiger partial charge >= 0.3 is 0 Å². The molecule has 0 aromatic rings. The molecule has 108 valence electrons. The molecule has 1 aliphatic heterocycles. The molecule has 0 amide bonds. The minimum absolute atomic E-state index is 0.0253. The van der Waals surface area contributed by atoms with Gasteiger partial charge in [-0.1, -0.05) is 20.3 Å². The number of piperidine rings is 1. The van der Waals surface area contributed by atoms with Gasteiger partial charge in [-0.05, 0) is 18.8 Å². The molecule has 0 aromatic heterocycles. The predicted molar refractivity (Wildman–Crippen MR) is 72.8 cm³/mol. The van der Waals surface area contributed by atoms with Crippen molar-refractivity contribution in [1.29, 1.82) is 0 Å². The summed E-state index contributed by atoms with van der Waals surface area (Å²) in [4.78, 5) is 0. The van der Waals surface area contributed by atoms with Crippen LogP contribution in [0.5, 0.6) is 0 Å². The highest BCUT2D eigenvalue weighted by atomic mass is 32.2. The zero-order valence-electron chi connectivity index (χ0n) is 11.5. The summed E-state index contributed by atoms with van der Waals surface area (Å²) in [7, 11) is -3.13. The highest BCUT2D eigenvalue weighted by molar-refractivity contribution is 7.89. The van der Waals surface area contributed by atoms with Crippen molar-refractivity contribution in [3.8, 4) is 0 Å². The largest absolute Gasteiger partial charge is 0.379 e. The van der Waals surface area contributed by atoms with Crippen molar-refractivity contribution in [1.82, 2.24) is 4.31 Å². The molecule has 1 atom stereocenters. The normalized spacial score (nSPS) is 20.2. The lowest BCUT2D eigenvalue weighted by Gasteiger charge is -2.26. The van der Waals surface area contributed by atoms with Crippen LogP contribution in [0.4, 0.5) is 0 Å². The van der Waals surface area contributed by atoms with Crippen LogP contribution >= 0.6 is 0 Å². The molecule has 1 fully saturated rings. The summed E-state index contributed by atoms with van der Waals surface area (Å²) in [5, 5.41) is 0. The Bertz CT molecular complexity index is 324. The van der Waals surface area contributed by atoms with Crippen LogP contribution in [0.15, 0.2) is 0 Å². The van der Waals surface area contributed by atoms with Gasteiger partial charge in [-0.2, -0.15) is 0 Å². The van der Waals surface area contributed by atoms with Crippen LogP contribution in [0, 0.1) is 5.92 Å². The molecule has 5 nitrogen and oxygen atoms in total. The van der Waals surface area contributed by atoms with Crippen LogP contribution in [0.3, 0.4) is 0 Å². The summed E-state index contributed by atoms with van der Waals surface area (Å²) >= 11 is 0. The predicted octanol–water partition coefficient (Wildman–Crippen LogP) is 0.802. The van der Waals surface area contributed by atoms with E-state index in [1.807, 2.05) is 13.8 Å². The topological polar surface area (TPSA) is 72.6 Å². The van der Waals surface area contributed by atoms with Gasteiger partial charge in [0.1, 0.15) is 0 Å². The number of hydrogen-bond acceptors (Lipinski definition) is 4. The quantitative estimate of drug-likeness (QED) is 0.699. The van der Waals surface area contributed by atoms with E-state index in [0.717, 1.165) is 19.3 Å². The van der Waals surface area contributed by atoms with Crippen LogP contribution in [-0.4, -0.2) is 50.8 Å². The second-order valence-electron chi connectivity index (χ2n) is 5.26. The Morgan fingerprint density at radius 3 is 2.39 bits per heavy atom. The molecule has 18 heavy (non-hydrogen) atoms. The minimum Gasteiger partial charge on any atom is -0.379 e. The highest BCUT2D eigenvalue weighted by Gasteiger charge is 2.23. The zero-order valence-corrected chi connectivity index (χ0v) is 12.3. The Morgan fingerprint density at radius 1 is 1.22 bits per heavy atom. The van der Waals surface area contributed by atoms with Gasteiger partial charge in [-0.3, -0.25) is 0 Å². The smallest absolute Gasteiger partial charge is 0.216 e. The third-order valence-corrected chi connectivity index (χ3v) is 5.20. The van der Waals surface area contributed by atoms with E-state index in [4.69, 9.17) is 10.5 Å². The highest BCUT2D eigenvalue weighted by Crippen LogP contribution is 2.13. The molecular weight excluding hydrogens is 252 g/mol. The summed E-state index contributed by atoms with van der Waals surface area (Å²) in [5.41, 5.74) is 5.82. The number of hydrogen-bond donors (Lipinski definition) is 1. The van der Waals surface area contributed by atoms with Crippen LogP contribution in [0.25, 0.3) is 0 Å². The fraction of sp³-hybridized carbons (Fsp3) is 1.00. The maximum absolute atomic E-state index is 12.0. The van der Waals surface area contributed by atoms with Crippen molar-refractivity contribution in [2.75, 3.05) is 32.1 Å². The molecule has 0 spiro atoms. The van der Waals surface area contributed by atoms with Gasteiger partial charge in [0.05, 0.1) is 19.0 Å². The van der Waals surface area contributed by atoms with E-state index in [-0.39, 0.29) is 18.4 Å². The van der Waals surface area contributed by atoms with Crippen molar-refractivity contribution in [2.45, 2.75) is 39.2 Å². The van der Waals surface area contributed by atoms with E-state index in [1.54, 1.807) is 4.31 Å². The molecule has 0 unspecified atom stereocenters. The third-order valence-electron chi connectivity index (χ3n) is 3.36. The van der Waals surface area contributed by atoms with E-state index in [0.29, 0.717) is 25.6 Å². The molecule has 1 saturated heterocycles. The van der Waals surface area contributed by atoms with Crippen molar-refractivity contribution in [3.05, 3.63) is 0 Å². The maximum Gasteiger partial charge on any atom is 0.216 e. The van der Waals surface area contributed by atoms with E-state index >= 15 is 0 Å². The maximum atomic E-state index is 12.0. The van der Waals surface area contributed by atoms with Gasteiger partial charge in [0, 0.05) is 19.1 Å². The van der Waals surface area contributed by atoms with E-state index in [1.165, 1.54) is 0 Å². The summed E-state index contributed by atoms with van der Waals surface area (Å²) < 4.78 is 30.9. The summed E-state index contributed by atoms with van der Waals surface area (Å²) in [6, 6.07) is -0.0253. The first-order valence-corrected chi connectivity index (χ1v) is 8.35. The zero-order chi connectivity index (χ0) is 13.6.